The predicted molar refractivity (Wildman–Crippen MR) is 127 cm³/mol. The maximum absolute atomic E-state index is 12.5. The molecule has 0 radical (unpaired) electrons. The molecule has 0 unspecified atom stereocenters. The number of ether oxygens (including phenoxy) is 1. The Balaban J connectivity index is 1.54. The van der Waals surface area contributed by atoms with Crippen molar-refractivity contribution in [1.29, 1.82) is 0 Å². The van der Waals surface area contributed by atoms with Gasteiger partial charge < -0.3 is 15.4 Å². The summed E-state index contributed by atoms with van der Waals surface area (Å²) in [6.07, 6.45) is 0. The van der Waals surface area contributed by atoms with Gasteiger partial charge in [-0.2, -0.15) is 0 Å². The lowest BCUT2D eigenvalue weighted by Crippen LogP contribution is -2.21. The highest BCUT2D eigenvalue weighted by molar-refractivity contribution is 7.92. The maximum Gasteiger partial charge on any atom is 0.338 e. The van der Waals surface area contributed by atoms with E-state index < -0.39 is 28.5 Å². The van der Waals surface area contributed by atoms with Crippen molar-refractivity contribution in [2.24, 2.45) is 0 Å². The fourth-order valence-corrected chi connectivity index (χ4v) is 3.93. The maximum atomic E-state index is 12.5. The molecular weight excluding hydrogens is 458 g/mol. The number of anilines is 2. The van der Waals surface area contributed by atoms with Crippen molar-refractivity contribution in [3.05, 3.63) is 89.5 Å². The van der Waals surface area contributed by atoms with Gasteiger partial charge in [0.25, 0.3) is 21.8 Å². The van der Waals surface area contributed by atoms with Crippen molar-refractivity contribution < 1.29 is 27.5 Å². The van der Waals surface area contributed by atoms with Crippen LogP contribution < -0.4 is 15.4 Å². The molecule has 176 valence electrons. The number of hydrogen-bond donors (Lipinski definition) is 3. The summed E-state index contributed by atoms with van der Waals surface area (Å²) in [7, 11) is -2.32. The van der Waals surface area contributed by atoms with Crippen molar-refractivity contribution >= 4 is 39.2 Å². The second-order valence-electron chi connectivity index (χ2n) is 7.28. The second-order valence-corrected chi connectivity index (χ2v) is 8.96. The molecule has 3 aromatic carbocycles. The largest absolute Gasteiger partial charge is 0.452 e. The number of hydrogen-bond acceptors (Lipinski definition) is 6. The van der Waals surface area contributed by atoms with E-state index >= 15 is 0 Å². The van der Waals surface area contributed by atoms with Crippen molar-refractivity contribution in [1.82, 2.24) is 5.32 Å². The predicted octanol–water partition coefficient (Wildman–Crippen LogP) is 2.95. The molecule has 0 aromatic heterocycles. The van der Waals surface area contributed by atoms with Gasteiger partial charge in [-0.15, -0.1) is 0 Å². The molecule has 34 heavy (non-hydrogen) atoms. The van der Waals surface area contributed by atoms with Crippen LogP contribution >= 0.6 is 0 Å². The normalized spacial score (nSPS) is 10.8. The summed E-state index contributed by atoms with van der Waals surface area (Å²) in [6.45, 7) is 1.36. The first-order chi connectivity index (χ1) is 16.2. The van der Waals surface area contributed by atoms with Crippen molar-refractivity contribution in [2.45, 2.75) is 11.8 Å². The number of aryl methyl sites for hydroxylation is 1. The first-order valence-corrected chi connectivity index (χ1v) is 11.6. The highest BCUT2D eigenvalue weighted by Crippen LogP contribution is 2.17. The smallest absolute Gasteiger partial charge is 0.338 e. The Morgan fingerprint density at radius 1 is 0.794 bits per heavy atom. The monoisotopic (exact) mass is 481 g/mol. The summed E-state index contributed by atoms with van der Waals surface area (Å²) in [4.78, 5) is 35.8. The van der Waals surface area contributed by atoms with E-state index in [1.165, 1.54) is 31.3 Å². The molecule has 0 spiro atoms. The summed E-state index contributed by atoms with van der Waals surface area (Å²) in [5.74, 6) is -1.60. The van der Waals surface area contributed by atoms with Crippen LogP contribution in [0.1, 0.15) is 26.3 Å². The summed E-state index contributed by atoms with van der Waals surface area (Å²) >= 11 is 0. The van der Waals surface area contributed by atoms with E-state index in [1.54, 1.807) is 48.5 Å². The summed E-state index contributed by atoms with van der Waals surface area (Å²) in [6, 6.07) is 18.2. The number of benzene rings is 3. The number of esters is 1. The van der Waals surface area contributed by atoms with Crippen molar-refractivity contribution in [3.63, 3.8) is 0 Å². The van der Waals surface area contributed by atoms with Gasteiger partial charge in [-0.3, -0.25) is 14.3 Å². The lowest BCUT2D eigenvalue weighted by molar-refractivity contribution is -0.119. The molecule has 0 atom stereocenters. The van der Waals surface area contributed by atoms with Crippen LogP contribution in [0.25, 0.3) is 0 Å². The van der Waals surface area contributed by atoms with Gasteiger partial charge in [-0.05, 0) is 67.6 Å². The number of carbonyl (C=O) groups excluding carboxylic acids is 3. The molecule has 3 N–H and O–H groups in total. The Labute approximate surface area is 197 Å². The van der Waals surface area contributed by atoms with E-state index in [9.17, 15) is 22.8 Å². The SMILES string of the molecule is CNC(=O)c1ccc(NC(=O)COC(=O)c2ccc(S(=O)(=O)Nc3ccc(C)cc3)cc2)cc1. The van der Waals surface area contributed by atoms with Crippen molar-refractivity contribution in [2.75, 3.05) is 23.7 Å². The van der Waals surface area contributed by atoms with Gasteiger partial charge in [-0.1, -0.05) is 17.7 Å². The fourth-order valence-electron chi connectivity index (χ4n) is 2.87. The van der Waals surface area contributed by atoms with Gasteiger partial charge in [0.15, 0.2) is 6.61 Å². The number of rotatable bonds is 8. The van der Waals surface area contributed by atoms with Crippen molar-refractivity contribution in [3.8, 4) is 0 Å². The Hall–Kier alpha value is -4.18. The van der Waals surface area contributed by atoms with Crippen LogP contribution in [0.3, 0.4) is 0 Å². The van der Waals surface area contributed by atoms with Crippen LogP contribution in [0.15, 0.2) is 77.7 Å². The molecule has 3 rings (SSSR count). The highest BCUT2D eigenvalue weighted by atomic mass is 32.2. The van der Waals surface area contributed by atoms with E-state index in [-0.39, 0.29) is 16.4 Å². The molecule has 0 fully saturated rings. The molecule has 9 nitrogen and oxygen atoms in total. The zero-order chi connectivity index (χ0) is 24.7. The minimum atomic E-state index is -3.83. The summed E-state index contributed by atoms with van der Waals surface area (Å²) in [5, 5.41) is 5.05. The number of carbonyl (C=O) groups is 3. The average Bonchev–Trinajstić information content (AvgIpc) is 2.84. The molecule has 0 saturated heterocycles. The zero-order valence-electron chi connectivity index (χ0n) is 18.5. The molecular formula is C24H23N3O6S. The molecule has 0 bridgehead atoms. The van der Waals surface area contributed by atoms with E-state index in [1.807, 2.05) is 6.92 Å². The van der Waals surface area contributed by atoms with E-state index in [0.29, 0.717) is 16.9 Å². The van der Waals surface area contributed by atoms with Gasteiger partial charge in [0, 0.05) is 24.0 Å². The third kappa shape index (κ3) is 6.42. The second kappa shape index (κ2) is 10.6. The first-order valence-electron chi connectivity index (χ1n) is 10.2. The van der Waals surface area contributed by atoms with E-state index in [4.69, 9.17) is 4.74 Å². The van der Waals surface area contributed by atoms with Gasteiger partial charge in [0.2, 0.25) is 0 Å². The van der Waals surface area contributed by atoms with Crippen LogP contribution in [-0.4, -0.2) is 39.9 Å². The minimum Gasteiger partial charge on any atom is -0.452 e. The van der Waals surface area contributed by atoms with Crippen LogP contribution in [0, 0.1) is 6.92 Å². The van der Waals surface area contributed by atoms with Crippen LogP contribution in [0.4, 0.5) is 11.4 Å². The van der Waals surface area contributed by atoms with Gasteiger partial charge in [-0.25, -0.2) is 13.2 Å². The lowest BCUT2D eigenvalue weighted by Gasteiger charge is -2.10. The van der Waals surface area contributed by atoms with Crippen LogP contribution in [0.2, 0.25) is 0 Å². The molecule has 0 heterocycles. The van der Waals surface area contributed by atoms with Gasteiger partial charge in [0.05, 0.1) is 10.5 Å². The fraction of sp³-hybridized carbons (Fsp3) is 0.125. The molecule has 0 aliphatic carbocycles. The molecule has 0 aliphatic heterocycles. The number of nitrogens with one attached hydrogen (secondary N) is 3. The van der Waals surface area contributed by atoms with Gasteiger partial charge in [0.1, 0.15) is 0 Å². The third-order valence-corrected chi connectivity index (χ3v) is 6.09. The number of sulfonamides is 1. The Bertz CT molecular complexity index is 1290. The average molecular weight is 482 g/mol. The lowest BCUT2D eigenvalue weighted by atomic mass is 10.2. The molecule has 2 amide bonds. The van der Waals surface area contributed by atoms with Crippen LogP contribution in [0.5, 0.6) is 0 Å². The first kappa shape index (κ1) is 24.5. The van der Waals surface area contributed by atoms with E-state index in [0.717, 1.165) is 5.56 Å². The molecule has 0 saturated carbocycles. The number of amides is 2. The summed E-state index contributed by atoms with van der Waals surface area (Å²) < 4.78 is 32.5. The Morgan fingerprint density at radius 3 is 1.94 bits per heavy atom. The third-order valence-electron chi connectivity index (χ3n) is 4.70. The molecule has 0 aliphatic rings. The molecule has 3 aromatic rings. The highest BCUT2D eigenvalue weighted by Gasteiger charge is 2.16. The Morgan fingerprint density at radius 2 is 1.35 bits per heavy atom. The Kier molecular flexibility index (Phi) is 7.64. The standard InChI is InChI=1S/C24H23N3O6S/c1-16-3-9-20(10-4-16)27-34(31,32)21-13-7-18(8-14-21)24(30)33-15-22(28)26-19-11-5-17(6-12-19)23(29)25-2/h3-14,27H,15H2,1-2H3,(H,25,29)(H,26,28). The van der Waals surface area contributed by atoms with E-state index in [2.05, 4.69) is 15.4 Å². The quantitative estimate of drug-likeness (QED) is 0.424. The zero-order valence-corrected chi connectivity index (χ0v) is 19.3. The van der Waals surface area contributed by atoms with Crippen LogP contribution in [-0.2, 0) is 19.6 Å². The molecule has 10 heteroatoms. The topological polar surface area (TPSA) is 131 Å². The summed E-state index contributed by atoms with van der Waals surface area (Å²) in [5.41, 5.74) is 2.38. The van der Waals surface area contributed by atoms with Gasteiger partial charge >= 0.3 is 5.97 Å². The minimum absolute atomic E-state index is 0.0254.